The van der Waals surface area contributed by atoms with E-state index in [-0.39, 0.29) is 6.29 Å². The zero-order chi connectivity index (χ0) is 13.6. The van der Waals surface area contributed by atoms with E-state index in [2.05, 4.69) is 34.7 Å². The van der Waals surface area contributed by atoms with Crippen molar-refractivity contribution in [3.8, 4) is 0 Å². The first-order chi connectivity index (χ1) is 9.43. The summed E-state index contributed by atoms with van der Waals surface area (Å²) in [5, 5.41) is 0. The smallest absolute Gasteiger partial charge is 0.157 e. The molecule has 1 heterocycles. The van der Waals surface area contributed by atoms with Crippen LogP contribution in [0.15, 0.2) is 12.2 Å². The minimum Gasteiger partial charge on any atom is -0.353 e. The van der Waals surface area contributed by atoms with Gasteiger partial charge in [-0.2, -0.15) is 0 Å². The molecule has 1 aliphatic rings. The Kier molecular flexibility index (Phi) is 12.3. The summed E-state index contributed by atoms with van der Waals surface area (Å²) in [6, 6.07) is 0. The summed E-state index contributed by atoms with van der Waals surface area (Å²) in [5.41, 5.74) is 0. The molecule has 1 fully saturated rings. The molecule has 0 spiro atoms. The number of hydrogen-bond donors (Lipinski definition) is 0. The van der Waals surface area contributed by atoms with E-state index in [0.717, 1.165) is 19.6 Å². The van der Waals surface area contributed by atoms with Crippen LogP contribution < -0.4 is 0 Å². The van der Waals surface area contributed by atoms with Crippen LogP contribution in [0.1, 0.15) is 64.2 Å². The summed E-state index contributed by atoms with van der Waals surface area (Å²) < 4.78 is 12.5. The quantitative estimate of drug-likeness (QED) is 0.211. The van der Waals surface area contributed by atoms with Crippen molar-refractivity contribution in [1.29, 1.82) is 0 Å². The highest BCUT2D eigenvalue weighted by Crippen LogP contribution is 2.14. The number of hydrogen-bond acceptors (Lipinski definition) is 2. The topological polar surface area (TPSA) is 18.5 Å². The molecule has 0 bridgehead atoms. The van der Waals surface area contributed by atoms with Gasteiger partial charge in [-0.1, -0.05) is 47.6 Å². The van der Waals surface area contributed by atoms with Crippen molar-refractivity contribution in [3.63, 3.8) is 0 Å². The number of unbranched alkanes of at least 4 members (excludes halogenated alkanes) is 5. The summed E-state index contributed by atoms with van der Waals surface area (Å²) in [4.78, 5) is 0. The Labute approximate surface area is 132 Å². The molecule has 0 radical (unpaired) electrons. The monoisotopic (exact) mass is 380 g/mol. The average molecular weight is 380 g/mol. The molecule has 0 amide bonds. The lowest BCUT2D eigenvalue weighted by molar-refractivity contribution is -0.162. The predicted octanol–water partition coefficient (Wildman–Crippen LogP) is 5.25. The van der Waals surface area contributed by atoms with Gasteiger partial charge in [0.1, 0.15) is 0 Å². The van der Waals surface area contributed by atoms with Crippen LogP contribution in [0.4, 0.5) is 0 Å². The molecule has 1 unspecified atom stereocenters. The molecule has 0 saturated carbocycles. The van der Waals surface area contributed by atoms with Gasteiger partial charge in [-0.15, -0.1) is 0 Å². The Bertz CT molecular complexity index is 213. The van der Waals surface area contributed by atoms with Gasteiger partial charge in [-0.3, -0.25) is 0 Å². The molecule has 0 aliphatic carbocycles. The van der Waals surface area contributed by atoms with Gasteiger partial charge in [0.2, 0.25) is 0 Å². The summed E-state index contributed by atoms with van der Waals surface area (Å²) in [6.45, 7) is 1.75. The maximum atomic E-state index is 5.72. The maximum absolute atomic E-state index is 5.72. The molecule has 1 aliphatic heterocycles. The predicted molar refractivity (Wildman–Crippen MR) is 89.9 cm³/mol. The second kappa shape index (κ2) is 13.4. The summed E-state index contributed by atoms with van der Waals surface area (Å²) in [6.07, 6.45) is 17.2. The normalized spacial score (nSPS) is 20.2. The third kappa shape index (κ3) is 10.8. The fraction of sp³-hybridized carbons (Fsp3) is 0.875. The first kappa shape index (κ1) is 17.4. The van der Waals surface area contributed by atoms with Gasteiger partial charge in [0, 0.05) is 13.2 Å². The highest BCUT2D eigenvalue weighted by Gasteiger charge is 2.12. The van der Waals surface area contributed by atoms with Crippen molar-refractivity contribution >= 4 is 22.6 Å². The zero-order valence-electron chi connectivity index (χ0n) is 12.1. The fourth-order valence-electron chi connectivity index (χ4n) is 2.21. The van der Waals surface area contributed by atoms with Gasteiger partial charge < -0.3 is 9.47 Å². The van der Waals surface area contributed by atoms with Crippen molar-refractivity contribution in [2.24, 2.45) is 0 Å². The molecular weight excluding hydrogens is 351 g/mol. The number of rotatable bonds is 11. The molecule has 2 nitrogen and oxygen atoms in total. The van der Waals surface area contributed by atoms with E-state index in [0.29, 0.717) is 0 Å². The zero-order valence-corrected chi connectivity index (χ0v) is 14.3. The largest absolute Gasteiger partial charge is 0.353 e. The molecule has 1 atom stereocenters. The SMILES string of the molecule is ICCC/C=C\CCCCCCOC1CCCCO1. The highest BCUT2D eigenvalue weighted by atomic mass is 127. The maximum Gasteiger partial charge on any atom is 0.157 e. The van der Waals surface area contributed by atoms with E-state index >= 15 is 0 Å². The van der Waals surface area contributed by atoms with E-state index in [1.165, 1.54) is 62.2 Å². The van der Waals surface area contributed by atoms with Crippen LogP contribution >= 0.6 is 22.6 Å². The fourth-order valence-corrected chi connectivity index (χ4v) is 2.65. The second-order valence-corrected chi connectivity index (χ2v) is 6.25. The first-order valence-electron chi connectivity index (χ1n) is 7.87. The Hall–Kier alpha value is 0.390. The second-order valence-electron chi connectivity index (χ2n) is 5.17. The van der Waals surface area contributed by atoms with E-state index in [1.54, 1.807) is 0 Å². The Morgan fingerprint density at radius 1 is 1.00 bits per heavy atom. The third-order valence-corrected chi connectivity index (χ3v) is 4.14. The summed E-state index contributed by atoms with van der Waals surface area (Å²) in [5.74, 6) is 0. The summed E-state index contributed by atoms with van der Waals surface area (Å²) >= 11 is 2.44. The van der Waals surface area contributed by atoms with E-state index in [1.807, 2.05) is 0 Å². The lowest BCUT2D eigenvalue weighted by Gasteiger charge is -2.22. The van der Waals surface area contributed by atoms with Crippen molar-refractivity contribution in [1.82, 2.24) is 0 Å². The standard InChI is InChI=1S/C16H29IO2/c17-13-9-6-4-2-1-3-5-7-10-14-18-16-12-8-11-15-19-16/h2,4,16H,1,3,5-15H2/b4-2-. The van der Waals surface area contributed by atoms with Crippen LogP contribution in [0, 0.1) is 0 Å². The van der Waals surface area contributed by atoms with Gasteiger partial charge >= 0.3 is 0 Å². The summed E-state index contributed by atoms with van der Waals surface area (Å²) in [7, 11) is 0. The van der Waals surface area contributed by atoms with E-state index in [4.69, 9.17) is 9.47 Å². The van der Waals surface area contributed by atoms with Crippen LogP contribution in [0.5, 0.6) is 0 Å². The van der Waals surface area contributed by atoms with Crippen molar-refractivity contribution in [2.45, 2.75) is 70.5 Å². The van der Waals surface area contributed by atoms with Gasteiger partial charge in [-0.05, 0) is 55.8 Å². The molecule has 0 aromatic carbocycles. The van der Waals surface area contributed by atoms with Crippen LogP contribution in [-0.4, -0.2) is 23.9 Å². The molecule has 112 valence electrons. The van der Waals surface area contributed by atoms with E-state index < -0.39 is 0 Å². The molecule has 0 aromatic heterocycles. The number of halogens is 1. The van der Waals surface area contributed by atoms with Gasteiger partial charge in [0.15, 0.2) is 6.29 Å². The van der Waals surface area contributed by atoms with Crippen LogP contribution in [0.3, 0.4) is 0 Å². The first-order valence-corrected chi connectivity index (χ1v) is 9.40. The number of alkyl halides is 1. The highest BCUT2D eigenvalue weighted by molar-refractivity contribution is 14.1. The Balaban J connectivity index is 1.77. The molecule has 1 saturated heterocycles. The minimum absolute atomic E-state index is 0.0922. The van der Waals surface area contributed by atoms with Crippen molar-refractivity contribution in [2.75, 3.05) is 17.6 Å². The minimum atomic E-state index is 0.0922. The molecule has 0 aromatic rings. The third-order valence-electron chi connectivity index (χ3n) is 3.38. The molecule has 1 rings (SSSR count). The molecular formula is C16H29IO2. The Morgan fingerprint density at radius 2 is 1.79 bits per heavy atom. The van der Waals surface area contributed by atoms with Gasteiger partial charge in [-0.25, -0.2) is 0 Å². The van der Waals surface area contributed by atoms with Crippen LogP contribution in [-0.2, 0) is 9.47 Å². The molecule has 3 heteroatoms. The van der Waals surface area contributed by atoms with Crippen molar-refractivity contribution in [3.05, 3.63) is 12.2 Å². The average Bonchev–Trinajstić information content (AvgIpc) is 2.46. The lowest BCUT2D eigenvalue weighted by atomic mass is 10.1. The van der Waals surface area contributed by atoms with Crippen LogP contribution in [0.2, 0.25) is 0 Å². The van der Waals surface area contributed by atoms with Gasteiger partial charge in [0.05, 0.1) is 0 Å². The molecule has 19 heavy (non-hydrogen) atoms. The molecule has 0 N–H and O–H groups in total. The number of allylic oxidation sites excluding steroid dienone is 2. The van der Waals surface area contributed by atoms with E-state index in [9.17, 15) is 0 Å². The number of ether oxygens (including phenoxy) is 2. The Morgan fingerprint density at radius 3 is 2.53 bits per heavy atom. The van der Waals surface area contributed by atoms with Crippen LogP contribution in [0.25, 0.3) is 0 Å². The van der Waals surface area contributed by atoms with Gasteiger partial charge in [0.25, 0.3) is 0 Å². The lowest BCUT2D eigenvalue weighted by Crippen LogP contribution is -2.22. The van der Waals surface area contributed by atoms with Crippen molar-refractivity contribution < 1.29 is 9.47 Å².